The van der Waals surface area contributed by atoms with Crippen LogP contribution in [0.4, 0.5) is 5.69 Å². The first-order valence-electron chi connectivity index (χ1n) is 6.25. The summed E-state index contributed by atoms with van der Waals surface area (Å²) in [5, 5.41) is 5.77. The number of benzene rings is 1. The van der Waals surface area contributed by atoms with E-state index in [4.69, 9.17) is 28.2 Å². The molecule has 0 unspecified atom stereocenters. The molecule has 18 heavy (non-hydrogen) atoms. The maximum atomic E-state index is 6.26. The molecule has 0 radical (unpaired) electrons. The molecule has 0 spiro atoms. The van der Waals surface area contributed by atoms with Crippen molar-refractivity contribution in [2.45, 2.75) is 26.2 Å². The van der Waals surface area contributed by atoms with Crippen molar-refractivity contribution in [2.75, 3.05) is 11.9 Å². The molecule has 2 nitrogen and oxygen atoms in total. The highest BCUT2D eigenvalue weighted by Gasteiger charge is 2.20. The third kappa shape index (κ3) is 1.84. The predicted octanol–water partition coefficient (Wildman–Crippen LogP) is 4.46. The second kappa shape index (κ2) is 4.60. The Kier molecular flexibility index (Phi) is 3.08. The van der Waals surface area contributed by atoms with Gasteiger partial charge in [-0.05, 0) is 43.9 Å². The number of aryl methyl sites for hydroxylation is 1. The van der Waals surface area contributed by atoms with Crippen molar-refractivity contribution in [3.8, 4) is 0 Å². The van der Waals surface area contributed by atoms with Gasteiger partial charge in [0.05, 0.1) is 10.5 Å². The number of pyridine rings is 1. The van der Waals surface area contributed by atoms with Crippen molar-refractivity contribution in [2.24, 2.45) is 0 Å². The highest BCUT2D eigenvalue weighted by Crippen LogP contribution is 2.37. The minimum atomic E-state index is 0.631. The first-order valence-corrected chi connectivity index (χ1v) is 7.00. The molecule has 0 bridgehead atoms. The summed E-state index contributed by atoms with van der Waals surface area (Å²) >= 11 is 12.4. The number of nitrogens with zero attached hydrogens (tertiary/aromatic N) is 1. The van der Waals surface area contributed by atoms with Gasteiger partial charge in [-0.1, -0.05) is 23.2 Å². The second-order valence-electron chi connectivity index (χ2n) is 4.58. The summed E-state index contributed by atoms with van der Waals surface area (Å²) < 4.78 is 0. The zero-order chi connectivity index (χ0) is 12.7. The summed E-state index contributed by atoms with van der Waals surface area (Å²) in [6.45, 7) is 2.98. The Morgan fingerprint density at radius 1 is 1.28 bits per heavy atom. The zero-order valence-electron chi connectivity index (χ0n) is 10.2. The lowest BCUT2D eigenvalue weighted by Crippen LogP contribution is -2.03. The molecule has 4 heteroatoms. The van der Waals surface area contributed by atoms with Crippen LogP contribution in [-0.2, 0) is 12.8 Å². The third-order valence-electron chi connectivity index (χ3n) is 3.39. The number of rotatable bonds is 2. The van der Waals surface area contributed by atoms with Gasteiger partial charge in [-0.3, -0.25) is 4.98 Å². The summed E-state index contributed by atoms with van der Waals surface area (Å²) in [5.74, 6) is 0. The van der Waals surface area contributed by atoms with Gasteiger partial charge in [0, 0.05) is 28.3 Å². The molecule has 0 saturated carbocycles. The Morgan fingerprint density at radius 3 is 2.89 bits per heavy atom. The van der Waals surface area contributed by atoms with Crippen molar-refractivity contribution in [3.05, 3.63) is 33.4 Å². The Balaban J connectivity index is 2.38. The summed E-state index contributed by atoms with van der Waals surface area (Å²) in [4.78, 5) is 4.71. The fourth-order valence-corrected chi connectivity index (χ4v) is 3.20. The van der Waals surface area contributed by atoms with Crippen molar-refractivity contribution in [1.29, 1.82) is 0 Å². The maximum absolute atomic E-state index is 6.26. The van der Waals surface area contributed by atoms with Crippen LogP contribution in [0.5, 0.6) is 0 Å². The average molecular weight is 281 g/mol. The molecule has 0 fully saturated rings. The minimum Gasteiger partial charge on any atom is -0.384 e. The fourth-order valence-electron chi connectivity index (χ4n) is 2.67. The summed E-state index contributed by atoms with van der Waals surface area (Å²) in [7, 11) is 0. The Bertz CT molecular complexity index is 623. The summed E-state index contributed by atoms with van der Waals surface area (Å²) in [6, 6.07) is 3.71. The van der Waals surface area contributed by atoms with Crippen LogP contribution in [0.25, 0.3) is 10.9 Å². The van der Waals surface area contributed by atoms with Gasteiger partial charge in [-0.25, -0.2) is 0 Å². The van der Waals surface area contributed by atoms with Crippen LogP contribution in [0.3, 0.4) is 0 Å². The van der Waals surface area contributed by atoms with E-state index in [1.165, 1.54) is 23.4 Å². The van der Waals surface area contributed by atoms with Crippen LogP contribution in [0.15, 0.2) is 12.1 Å². The smallest absolute Gasteiger partial charge is 0.0913 e. The number of halogens is 2. The lowest BCUT2D eigenvalue weighted by Gasteiger charge is -2.14. The van der Waals surface area contributed by atoms with Gasteiger partial charge in [0.2, 0.25) is 0 Å². The lowest BCUT2D eigenvalue weighted by molar-refractivity contribution is 0.901. The highest BCUT2D eigenvalue weighted by molar-refractivity contribution is 6.38. The van der Waals surface area contributed by atoms with Gasteiger partial charge in [0.25, 0.3) is 0 Å². The quantitative estimate of drug-likeness (QED) is 0.879. The monoisotopic (exact) mass is 280 g/mol. The van der Waals surface area contributed by atoms with Gasteiger partial charge in [-0.15, -0.1) is 0 Å². The number of nitrogens with one attached hydrogen (secondary N) is 1. The fraction of sp³-hybridized carbons (Fsp3) is 0.357. The van der Waals surface area contributed by atoms with E-state index < -0.39 is 0 Å². The normalized spacial score (nSPS) is 13.9. The summed E-state index contributed by atoms with van der Waals surface area (Å²) in [6.07, 6.45) is 3.30. The molecule has 0 saturated heterocycles. The molecule has 1 aliphatic rings. The largest absolute Gasteiger partial charge is 0.384 e. The Morgan fingerprint density at radius 2 is 2.11 bits per heavy atom. The van der Waals surface area contributed by atoms with E-state index in [0.29, 0.717) is 10.0 Å². The van der Waals surface area contributed by atoms with Crippen LogP contribution in [0, 0.1) is 0 Å². The van der Waals surface area contributed by atoms with Gasteiger partial charge < -0.3 is 5.32 Å². The first kappa shape index (κ1) is 12.1. The number of hydrogen-bond acceptors (Lipinski definition) is 2. The van der Waals surface area contributed by atoms with Crippen molar-refractivity contribution in [1.82, 2.24) is 4.98 Å². The minimum absolute atomic E-state index is 0.631. The van der Waals surface area contributed by atoms with Crippen LogP contribution < -0.4 is 5.32 Å². The van der Waals surface area contributed by atoms with E-state index in [9.17, 15) is 0 Å². The van der Waals surface area contributed by atoms with Crippen LogP contribution in [0.1, 0.15) is 24.6 Å². The molecule has 94 valence electrons. The first-order chi connectivity index (χ1) is 8.70. The van der Waals surface area contributed by atoms with Gasteiger partial charge in [0.15, 0.2) is 0 Å². The maximum Gasteiger partial charge on any atom is 0.0913 e. The molecule has 1 aromatic carbocycles. The standard InChI is InChI=1S/C14H14Cl2N2/c1-2-17-13-9-4-3-5-12(9)18-14-10(13)6-8(15)7-11(14)16/h6-7H,2-5H2,1H3,(H,17,18). The molecule has 1 heterocycles. The zero-order valence-corrected chi connectivity index (χ0v) is 11.7. The van der Waals surface area contributed by atoms with E-state index in [1.54, 1.807) is 6.07 Å². The van der Waals surface area contributed by atoms with Gasteiger partial charge in [0.1, 0.15) is 0 Å². The molecular formula is C14H14Cl2N2. The van der Waals surface area contributed by atoms with Gasteiger partial charge in [-0.2, -0.15) is 0 Å². The Labute approximate surface area is 116 Å². The molecule has 1 aliphatic carbocycles. The predicted molar refractivity (Wildman–Crippen MR) is 78.0 cm³/mol. The lowest BCUT2D eigenvalue weighted by atomic mass is 10.1. The van der Waals surface area contributed by atoms with Gasteiger partial charge >= 0.3 is 0 Å². The molecule has 0 aliphatic heterocycles. The van der Waals surface area contributed by atoms with E-state index in [-0.39, 0.29) is 0 Å². The van der Waals surface area contributed by atoms with Crippen molar-refractivity contribution >= 4 is 39.8 Å². The molecule has 1 aromatic heterocycles. The highest BCUT2D eigenvalue weighted by atomic mass is 35.5. The summed E-state index contributed by atoms with van der Waals surface area (Å²) in [5.41, 5.74) is 4.54. The van der Waals surface area contributed by atoms with E-state index in [0.717, 1.165) is 30.3 Å². The number of fused-ring (bicyclic) bond motifs is 2. The third-order valence-corrected chi connectivity index (χ3v) is 3.89. The number of anilines is 1. The molecule has 0 amide bonds. The van der Waals surface area contributed by atoms with Crippen molar-refractivity contribution in [3.63, 3.8) is 0 Å². The van der Waals surface area contributed by atoms with Crippen molar-refractivity contribution < 1.29 is 0 Å². The SMILES string of the molecule is CCNc1c2c(nc3c(Cl)cc(Cl)cc13)CCC2. The van der Waals surface area contributed by atoms with E-state index in [1.807, 2.05) is 6.07 Å². The van der Waals surface area contributed by atoms with Crippen LogP contribution >= 0.6 is 23.2 Å². The number of aromatic nitrogens is 1. The van der Waals surface area contributed by atoms with E-state index in [2.05, 4.69) is 12.2 Å². The topological polar surface area (TPSA) is 24.9 Å². The van der Waals surface area contributed by atoms with Crippen LogP contribution in [0.2, 0.25) is 10.0 Å². The molecule has 0 atom stereocenters. The Hall–Kier alpha value is -0.990. The van der Waals surface area contributed by atoms with Crippen LogP contribution in [-0.4, -0.2) is 11.5 Å². The second-order valence-corrected chi connectivity index (χ2v) is 5.42. The number of hydrogen-bond donors (Lipinski definition) is 1. The molecule has 1 N–H and O–H groups in total. The molecule has 3 rings (SSSR count). The molecular weight excluding hydrogens is 267 g/mol. The molecule has 2 aromatic rings. The average Bonchev–Trinajstić information content (AvgIpc) is 2.78. The van der Waals surface area contributed by atoms with E-state index >= 15 is 0 Å².